The second-order valence-electron chi connectivity index (χ2n) is 8.11. The second kappa shape index (κ2) is 10.0. The van der Waals surface area contributed by atoms with Crippen molar-refractivity contribution in [3.63, 3.8) is 0 Å². The molecule has 1 saturated carbocycles. The van der Waals surface area contributed by atoms with Gasteiger partial charge >= 0.3 is 5.97 Å². The number of anilines is 1. The molecule has 0 aliphatic heterocycles. The molecule has 1 aromatic heterocycles. The van der Waals surface area contributed by atoms with Gasteiger partial charge in [-0.15, -0.1) is 11.3 Å². The van der Waals surface area contributed by atoms with Gasteiger partial charge in [-0.25, -0.2) is 13.2 Å². The Labute approximate surface area is 177 Å². The largest absolute Gasteiger partial charge is 0.462 e. The zero-order valence-corrected chi connectivity index (χ0v) is 19.5. The van der Waals surface area contributed by atoms with Gasteiger partial charge in [0.15, 0.2) is 9.84 Å². The van der Waals surface area contributed by atoms with Crippen LogP contribution in [0.5, 0.6) is 0 Å². The van der Waals surface area contributed by atoms with Crippen molar-refractivity contribution in [2.75, 3.05) is 31.8 Å². The molecule has 2 atom stereocenters. The summed E-state index contributed by atoms with van der Waals surface area (Å²) in [6, 6.07) is -0.167. The predicted molar refractivity (Wildman–Crippen MR) is 116 cm³/mol. The van der Waals surface area contributed by atoms with E-state index in [0.717, 1.165) is 24.8 Å². The number of hydrogen-bond acceptors (Lipinski definition) is 7. The van der Waals surface area contributed by atoms with E-state index in [2.05, 4.69) is 19.2 Å². The Morgan fingerprint density at radius 1 is 1.34 bits per heavy atom. The lowest BCUT2D eigenvalue weighted by molar-refractivity contribution is -0.117. The summed E-state index contributed by atoms with van der Waals surface area (Å²) in [5.41, 5.74) is 1.30. The lowest BCUT2D eigenvalue weighted by atomic mass is 10.0. The highest BCUT2D eigenvalue weighted by atomic mass is 32.2. The fourth-order valence-electron chi connectivity index (χ4n) is 3.92. The molecule has 0 bridgehead atoms. The average molecular weight is 445 g/mol. The summed E-state index contributed by atoms with van der Waals surface area (Å²) < 4.78 is 29.2. The van der Waals surface area contributed by atoms with Crippen molar-refractivity contribution in [1.29, 1.82) is 0 Å². The predicted octanol–water partition coefficient (Wildman–Crippen LogP) is 2.96. The first-order valence-corrected chi connectivity index (χ1v) is 12.8. The van der Waals surface area contributed by atoms with Gasteiger partial charge in [0.2, 0.25) is 5.91 Å². The van der Waals surface area contributed by atoms with Crippen molar-refractivity contribution < 1.29 is 22.7 Å². The number of carbonyl (C=O) groups is 2. The normalized spacial score (nSPS) is 19.7. The Morgan fingerprint density at radius 2 is 2.03 bits per heavy atom. The van der Waals surface area contributed by atoms with Crippen LogP contribution in [0, 0.1) is 5.92 Å². The smallest absolute Gasteiger partial charge is 0.341 e. The van der Waals surface area contributed by atoms with Crippen molar-refractivity contribution in [2.45, 2.75) is 57.7 Å². The SMILES string of the molecule is CCOC(=O)c1c(CC(C)C)csc1NC(=O)CN(C)[C@@H]1CCC[C@@H]1S(C)(=O)=O. The van der Waals surface area contributed by atoms with E-state index in [1.165, 1.54) is 17.6 Å². The van der Waals surface area contributed by atoms with E-state index >= 15 is 0 Å². The van der Waals surface area contributed by atoms with Crippen molar-refractivity contribution in [3.05, 3.63) is 16.5 Å². The Morgan fingerprint density at radius 3 is 2.62 bits per heavy atom. The number of amides is 1. The van der Waals surface area contributed by atoms with Crippen LogP contribution in [0.3, 0.4) is 0 Å². The molecule has 0 spiro atoms. The number of hydrogen-bond donors (Lipinski definition) is 1. The van der Waals surface area contributed by atoms with E-state index < -0.39 is 21.1 Å². The van der Waals surface area contributed by atoms with Crippen molar-refractivity contribution in [1.82, 2.24) is 4.90 Å². The number of thiophene rings is 1. The first kappa shape index (κ1) is 23.8. The Hall–Kier alpha value is -1.45. The fraction of sp³-hybridized carbons (Fsp3) is 0.700. The number of nitrogens with zero attached hydrogens (tertiary/aromatic N) is 1. The molecule has 9 heteroatoms. The van der Waals surface area contributed by atoms with Gasteiger partial charge < -0.3 is 10.1 Å². The molecule has 0 unspecified atom stereocenters. The molecule has 0 radical (unpaired) electrons. The Kier molecular flexibility index (Phi) is 8.25. The van der Waals surface area contributed by atoms with Crippen molar-refractivity contribution >= 4 is 38.1 Å². The molecule has 1 aliphatic rings. The van der Waals surface area contributed by atoms with Gasteiger partial charge in [-0.3, -0.25) is 9.69 Å². The van der Waals surface area contributed by atoms with Gasteiger partial charge in [0, 0.05) is 12.3 Å². The molecule has 1 N–H and O–H groups in total. The first-order valence-electron chi connectivity index (χ1n) is 10.0. The van der Waals surface area contributed by atoms with Crippen molar-refractivity contribution in [2.24, 2.45) is 5.92 Å². The minimum Gasteiger partial charge on any atom is -0.462 e. The zero-order chi connectivity index (χ0) is 21.8. The lowest BCUT2D eigenvalue weighted by Gasteiger charge is -2.28. The lowest BCUT2D eigenvalue weighted by Crippen LogP contribution is -2.44. The molecule has 2 rings (SSSR count). The summed E-state index contributed by atoms with van der Waals surface area (Å²) in [5, 5.41) is 4.78. The van der Waals surface area contributed by atoms with Crippen LogP contribution in [0.25, 0.3) is 0 Å². The third-order valence-corrected chi connectivity index (χ3v) is 7.75. The highest BCUT2D eigenvalue weighted by Gasteiger charge is 2.37. The van der Waals surface area contributed by atoms with Crippen LogP contribution in [-0.2, 0) is 25.8 Å². The van der Waals surface area contributed by atoms with Gasteiger partial charge in [-0.05, 0) is 50.1 Å². The average Bonchev–Trinajstić information content (AvgIpc) is 3.21. The zero-order valence-electron chi connectivity index (χ0n) is 17.9. The summed E-state index contributed by atoms with van der Waals surface area (Å²) in [7, 11) is -1.38. The number of ether oxygens (including phenoxy) is 1. The van der Waals surface area contributed by atoms with Crippen LogP contribution in [0.15, 0.2) is 5.38 Å². The third kappa shape index (κ3) is 6.26. The van der Waals surface area contributed by atoms with E-state index in [4.69, 9.17) is 4.74 Å². The Balaban J connectivity index is 2.12. The van der Waals surface area contributed by atoms with E-state index in [1.54, 1.807) is 18.9 Å². The van der Waals surface area contributed by atoms with Gasteiger partial charge in [-0.2, -0.15) is 0 Å². The minimum atomic E-state index is -3.16. The maximum absolute atomic E-state index is 12.7. The molecule has 29 heavy (non-hydrogen) atoms. The molecule has 0 aromatic carbocycles. The molecule has 164 valence electrons. The highest BCUT2D eigenvalue weighted by molar-refractivity contribution is 7.91. The van der Waals surface area contributed by atoms with Crippen LogP contribution in [0.4, 0.5) is 5.00 Å². The van der Waals surface area contributed by atoms with E-state index in [9.17, 15) is 18.0 Å². The summed E-state index contributed by atoms with van der Waals surface area (Å²) in [5.74, 6) is -0.334. The summed E-state index contributed by atoms with van der Waals surface area (Å²) in [6.45, 7) is 6.22. The van der Waals surface area contributed by atoms with Crippen LogP contribution >= 0.6 is 11.3 Å². The topological polar surface area (TPSA) is 92.8 Å². The minimum absolute atomic E-state index is 0.0658. The summed E-state index contributed by atoms with van der Waals surface area (Å²) in [4.78, 5) is 26.9. The fourth-order valence-corrected chi connectivity index (χ4v) is 6.41. The quantitative estimate of drug-likeness (QED) is 0.589. The monoisotopic (exact) mass is 444 g/mol. The number of nitrogens with one attached hydrogen (secondary N) is 1. The number of esters is 1. The molecular formula is C20H32N2O5S2. The summed E-state index contributed by atoms with van der Waals surface area (Å²) >= 11 is 1.32. The van der Waals surface area contributed by atoms with Crippen LogP contribution < -0.4 is 5.32 Å². The van der Waals surface area contributed by atoms with Crippen LogP contribution in [0.1, 0.15) is 56.0 Å². The maximum Gasteiger partial charge on any atom is 0.341 e. The number of carbonyl (C=O) groups excluding carboxylic acids is 2. The maximum atomic E-state index is 12.7. The van der Waals surface area contributed by atoms with Crippen LogP contribution in [-0.4, -0.2) is 62.9 Å². The summed E-state index contributed by atoms with van der Waals surface area (Å²) in [6.07, 6.45) is 4.21. The Bertz CT molecular complexity index is 832. The number of sulfone groups is 1. The molecule has 1 fully saturated rings. The number of rotatable bonds is 9. The molecular weight excluding hydrogens is 412 g/mol. The molecule has 0 saturated heterocycles. The number of likely N-dealkylation sites (N-methyl/N-ethyl adjacent to an activating group) is 1. The van der Waals surface area contributed by atoms with Gasteiger partial charge in [0.1, 0.15) is 5.00 Å². The molecule has 1 heterocycles. The van der Waals surface area contributed by atoms with Gasteiger partial charge in [0.05, 0.1) is 24.0 Å². The van der Waals surface area contributed by atoms with E-state index in [1.807, 2.05) is 5.38 Å². The highest BCUT2D eigenvalue weighted by Crippen LogP contribution is 2.32. The van der Waals surface area contributed by atoms with E-state index in [0.29, 0.717) is 22.9 Å². The van der Waals surface area contributed by atoms with Gasteiger partial charge in [0.25, 0.3) is 0 Å². The van der Waals surface area contributed by atoms with Crippen LogP contribution in [0.2, 0.25) is 0 Å². The molecule has 1 aliphatic carbocycles. The third-order valence-electron chi connectivity index (χ3n) is 5.15. The molecule has 1 amide bonds. The second-order valence-corrected chi connectivity index (χ2v) is 11.3. The molecule has 1 aromatic rings. The van der Waals surface area contributed by atoms with Crippen molar-refractivity contribution in [3.8, 4) is 0 Å². The molecule has 7 nitrogen and oxygen atoms in total. The van der Waals surface area contributed by atoms with E-state index in [-0.39, 0.29) is 25.1 Å². The van der Waals surface area contributed by atoms with Gasteiger partial charge in [-0.1, -0.05) is 20.3 Å². The standard InChI is InChI=1S/C20H32N2O5S2/c1-6-27-20(24)18-14(10-13(2)3)12-28-19(18)21-17(23)11-22(4)15-8-7-9-16(15)29(5,25)26/h12-13,15-16H,6-11H2,1-5H3,(H,21,23)/t15-,16+/m1/s1. The first-order chi connectivity index (χ1) is 13.5.